The zero-order valence-corrected chi connectivity index (χ0v) is 14.2. The van der Waals surface area contributed by atoms with Crippen molar-refractivity contribution in [1.29, 1.82) is 0 Å². The minimum atomic E-state index is 0.142. The Kier molecular flexibility index (Phi) is 13.1. The van der Waals surface area contributed by atoms with Gasteiger partial charge in [-0.15, -0.1) is 0 Å². The Labute approximate surface area is 126 Å². The molecule has 0 amide bonds. The monoisotopic (exact) mass is 284 g/mol. The lowest BCUT2D eigenvalue weighted by Gasteiger charge is -2.21. The molecule has 120 valence electrons. The lowest BCUT2D eigenvalue weighted by Crippen LogP contribution is -2.16. The SMILES string of the molecule is CCCCC(CC)CCC(CCC(CC)CC)OC=O. The van der Waals surface area contributed by atoms with Gasteiger partial charge in [0.15, 0.2) is 0 Å². The summed E-state index contributed by atoms with van der Waals surface area (Å²) < 4.78 is 5.30. The van der Waals surface area contributed by atoms with Crippen LogP contribution in [0.1, 0.15) is 91.9 Å². The van der Waals surface area contributed by atoms with Gasteiger partial charge in [-0.05, 0) is 37.5 Å². The van der Waals surface area contributed by atoms with E-state index in [0.29, 0.717) is 6.47 Å². The maximum Gasteiger partial charge on any atom is 0.293 e. The molecule has 0 fully saturated rings. The van der Waals surface area contributed by atoms with Crippen LogP contribution >= 0.6 is 0 Å². The summed E-state index contributed by atoms with van der Waals surface area (Å²) in [6.07, 6.45) is 12.3. The number of unbranched alkanes of at least 4 members (excludes halogenated alkanes) is 1. The Bertz CT molecular complexity index is 211. The predicted molar refractivity (Wildman–Crippen MR) is 86.8 cm³/mol. The van der Waals surface area contributed by atoms with E-state index < -0.39 is 0 Å². The second-order valence-corrected chi connectivity index (χ2v) is 6.11. The maximum absolute atomic E-state index is 10.7. The summed E-state index contributed by atoms with van der Waals surface area (Å²) in [5.41, 5.74) is 0. The topological polar surface area (TPSA) is 26.3 Å². The van der Waals surface area contributed by atoms with E-state index in [4.69, 9.17) is 4.74 Å². The Hall–Kier alpha value is -0.530. The third kappa shape index (κ3) is 9.39. The van der Waals surface area contributed by atoms with Crippen molar-refractivity contribution in [3.05, 3.63) is 0 Å². The van der Waals surface area contributed by atoms with Gasteiger partial charge in [0.1, 0.15) is 6.10 Å². The minimum Gasteiger partial charge on any atom is -0.465 e. The van der Waals surface area contributed by atoms with Crippen LogP contribution in [0.4, 0.5) is 0 Å². The van der Waals surface area contributed by atoms with E-state index in [2.05, 4.69) is 27.7 Å². The molecule has 0 aliphatic rings. The van der Waals surface area contributed by atoms with Crippen molar-refractivity contribution in [2.75, 3.05) is 0 Å². The van der Waals surface area contributed by atoms with E-state index in [1.807, 2.05) is 0 Å². The molecule has 0 heterocycles. The number of hydrogen-bond donors (Lipinski definition) is 0. The van der Waals surface area contributed by atoms with Crippen molar-refractivity contribution < 1.29 is 9.53 Å². The van der Waals surface area contributed by atoms with E-state index in [1.165, 1.54) is 51.4 Å². The Morgan fingerprint density at radius 2 is 1.35 bits per heavy atom. The second kappa shape index (κ2) is 13.5. The zero-order chi connectivity index (χ0) is 15.2. The molecule has 0 radical (unpaired) electrons. The highest BCUT2D eigenvalue weighted by atomic mass is 16.5. The van der Waals surface area contributed by atoms with Crippen LogP contribution in [0, 0.1) is 11.8 Å². The first-order chi connectivity index (χ1) is 9.71. The first kappa shape index (κ1) is 19.5. The first-order valence-corrected chi connectivity index (χ1v) is 8.80. The third-order valence-corrected chi connectivity index (χ3v) is 4.74. The number of ether oxygens (including phenoxy) is 1. The Balaban J connectivity index is 4.07. The van der Waals surface area contributed by atoms with Crippen LogP contribution in [0.15, 0.2) is 0 Å². The van der Waals surface area contributed by atoms with Crippen molar-refractivity contribution in [3.63, 3.8) is 0 Å². The highest BCUT2D eigenvalue weighted by Gasteiger charge is 2.15. The van der Waals surface area contributed by atoms with Gasteiger partial charge in [0.2, 0.25) is 0 Å². The van der Waals surface area contributed by atoms with E-state index in [9.17, 15) is 4.79 Å². The molecule has 20 heavy (non-hydrogen) atoms. The lowest BCUT2D eigenvalue weighted by atomic mass is 9.90. The summed E-state index contributed by atoms with van der Waals surface area (Å²) in [5.74, 6) is 1.59. The molecule has 0 aromatic heterocycles. The maximum atomic E-state index is 10.7. The molecular formula is C18H36O2. The quantitative estimate of drug-likeness (QED) is 0.380. The van der Waals surface area contributed by atoms with E-state index in [0.717, 1.165) is 24.7 Å². The summed E-state index contributed by atoms with van der Waals surface area (Å²) in [5, 5.41) is 0. The van der Waals surface area contributed by atoms with Crippen LogP contribution in [-0.4, -0.2) is 12.6 Å². The minimum absolute atomic E-state index is 0.142. The van der Waals surface area contributed by atoms with Crippen LogP contribution in [0.3, 0.4) is 0 Å². The second-order valence-electron chi connectivity index (χ2n) is 6.11. The summed E-state index contributed by atoms with van der Waals surface area (Å²) in [4.78, 5) is 10.7. The van der Waals surface area contributed by atoms with E-state index >= 15 is 0 Å². The lowest BCUT2D eigenvalue weighted by molar-refractivity contribution is -0.134. The first-order valence-electron chi connectivity index (χ1n) is 8.80. The van der Waals surface area contributed by atoms with Gasteiger partial charge in [0.25, 0.3) is 6.47 Å². The van der Waals surface area contributed by atoms with E-state index in [-0.39, 0.29) is 6.10 Å². The smallest absolute Gasteiger partial charge is 0.293 e. The van der Waals surface area contributed by atoms with Crippen molar-refractivity contribution in [1.82, 2.24) is 0 Å². The largest absolute Gasteiger partial charge is 0.465 e. The number of rotatable bonds is 14. The van der Waals surface area contributed by atoms with Gasteiger partial charge >= 0.3 is 0 Å². The van der Waals surface area contributed by atoms with Gasteiger partial charge < -0.3 is 4.74 Å². The molecule has 2 nitrogen and oxygen atoms in total. The van der Waals surface area contributed by atoms with Gasteiger partial charge in [-0.2, -0.15) is 0 Å². The highest BCUT2D eigenvalue weighted by Crippen LogP contribution is 2.23. The molecule has 0 rings (SSSR count). The summed E-state index contributed by atoms with van der Waals surface area (Å²) in [6, 6.07) is 0. The molecule has 0 saturated heterocycles. The summed E-state index contributed by atoms with van der Waals surface area (Å²) in [7, 11) is 0. The van der Waals surface area contributed by atoms with Gasteiger partial charge in [0, 0.05) is 0 Å². The standard InChI is InChI=1S/C18H36O2/c1-5-9-10-17(8-4)12-14-18(20-15-19)13-11-16(6-2)7-3/h15-18H,5-14H2,1-4H3. The molecule has 0 aromatic carbocycles. The Morgan fingerprint density at radius 1 is 0.800 bits per heavy atom. The molecule has 0 bridgehead atoms. The molecule has 0 aliphatic carbocycles. The zero-order valence-electron chi connectivity index (χ0n) is 14.2. The molecule has 2 heteroatoms. The fourth-order valence-electron chi connectivity index (χ4n) is 2.94. The molecule has 0 saturated carbocycles. The number of carbonyl (C=O) groups excluding carboxylic acids is 1. The van der Waals surface area contributed by atoms with Crippen LogP contribution < -0.4 is 0 Å². The fraction of sp³-hybridized carbons (Fsp3) is 0.944. The molecule has 0 aliphatic heterocycles. The molecule has 0 spiro atoms. The molecule has 2 unspecified atom stereocenters. The number of carbonyl (C=O) groups is 1. The van der Waals surface area contributed by atoms with Crippen molar-refractivity contribution in [3.8, 4) is 0 Å². The summed E-state index contributed by atoms with van der Waals surface area (Å²) >= 11 is 0. The van der Waals surface area contributed by atoms with Crippen molar-refractivity contribution >= 4 is 6.47 Å². The normalized spacial score (nSPS) is 14.2. The van der Waals surface area contributed by atoms with Gasteiger partial charge in [-0.25, -0.2) is 0 Å². The average molecular weight is 284 g/mol. The van der Waals surface area contributed by atoms with Crippen LogP contribution in [-0.2, 0) is 9.53 Å². The van der Waals surface area contributed by atoms with Crippen LogP contribution in [0.2, 0.25) is 0 Å². The van der Waals surface area contributed by atoms with Gasteiger partial charge in [-0.3, -0.25) is 4.79 Å². The van der Waals surface area contributed by atoms with Crippen molar-refractivity contribution in [2.45, 2.75) is 98.0 Å². The third-order valence-electron chi connectivity index (χ3n) is 4.74. The van der Waals surface area contributed by atoms with Crippen LogP contribution in [0.5, 0.6) is 0 Å². The van der Waals surface area contributed by atoms with Crippen molar-refractivity contribution in [2.24, 2.45) is 11.8 Å². The van der Waals surface area contributed by atoms with E-state index in [1.54, 1.807) is 0 Å². The molecule has 0 N–H and O–H groups in total. The average Bonchev–Trinajstić information content (AvgIpc) is 2.48. The molecule has 2 atom stereocenters. The number of hydrogen-bond acceptors (Lipinski definition) is 2. The van der Waals surface area contributed by atoms with Gasteiger partial charge in [0.05, 0.1) is 0 Å². The molecular weight excluding hydrogens is 248 g/mol. The van der Waals surface area contributed by atoms with Crippen LogP contribution in [0.25, 0.3) is 0 Å². The fourth-order valence-corrected chi connectivity index (χ4v) is 2.94. The van der Waals surface area contributed by atoms with Gasteiger partial charge in [-0.1, -0.05) is 66.2 Å². The predicted octanol–water partition coefficient (Wildman–Crippen LogP) is 5.74. The Morgan fingerprint density at radius 3 is 1.80 bits per heavy atom. The summed E-state index contributed by atoms with van der Waals surface area (Å²) in [6.45, 7) is 9.68. The molecule has 0 aromatic rings. The highest BCUT2D eigenvalue weighted by molar-refractivity contribution is 5.37.